The molecule has 6 nitrogen and oxygen atoms in total. The van der Waals surface area contributed by atoms with E-state index in [4.69, 9.17) is 10.8 Å². The fourth-order valence-corrected chi connectivity index (χ4v) is 2.02. The number of carboxylic acid groups (broad SMARTS) is 1. The van der Waals surface area contributed by atoms with Gasteiger partial charge in [0.25, 0.3) is 0 Å². The van der Waals surface area contributed by atoms with Crippen molar-refractivity contribution in [2.45, 2.75) is 58.6 Å². The van der Waals surface area contributed by atoms with Crippen molar-refractivity contribution < 1.29 is 15.0 Å². The molecule has 0 aromatic heterocycles. The van der Waals surface area contributed by atoms with Gasteiger partial charge < -0.3 is 21.3 Å². The number of allylic oxidation sites excluding steroid dienone is 3. The molecule has 0 bridgehead atoms. The topological polar surface area (TPSA) is 108 Å². The fraction of sp³-hybridized carbons (Fsp3) is 0.556. The van der Waals surface area contributed by atoms with Gasteiger partial charge >= 0.3 is 5.97 Å². The summed E-state index contributed by atoms with van der Waals surface area (Å²) in [6.45, 7) is 5.94. The normalized spacial score (nSPS) is 15.8. The van der Waals surface area contributed by atoms with Crippen LogP contribution in [0.25, 0.3) is 0 Å². The minimum absolute atomic E-state index is 0.0577. The summed E-state index contributed by atoms with van der Waals surface area (Å²) in [5, 5.41) is 21.2. The number of aliphatic imine (C=N–C) groups is 1. The van der Waals surface area contributed by atoms with Crippen LogP contribution in [0.4, 0.5) is 0 Å². The smallest absolute Gasteiger partial charge is 0.330 e. The highest BCUT2D eigenvalue weighted by molar-refractivity contribution is 5.86. The quantitative estimate of drug-likeness (QED) is 0.152. The zero-order valence-corrected chi connectivity index (χ0v) is 14.9. The second-order valence-corrected chi connectivity index (χ2v) is 5.55. The van der Waals surface area contributed by atoms with E-state index in [0.29, 0.717) is 0 Å². The molecule has 0 rings (SSSR count). The van der Waals surface area contributed by atoms with E-state index in [1.54, 1.807) is 25.2 Å². The van der Waals surface area contributed by atoms with Crippen LogP contribution < -0.4 is 11.1 Å². The predicted octanol–water partition coefficient (Wildman–Crippen LogP) is 2.36. The molecule has 0 fully saturated rings. The highest BCUT2D eigenvalue weighted by atomic mass is 16.4. The Morgan fingerprint density at radius 2 is 2.08 bits per heavy atom. The Hall–Kier alpha value is -2.08. The van der Waals surface area contributed by atoms with E-state index < -0.39 is 18.1 Å². The maximum Gasteiger partial charge on any atom is 0.330 e. The van der Waals surface area contributed by atoms with Crippen molar-refractivity contribution in [1.82, 2.24) is 5.32 Å². The first-order valence-electron chi connectivity index (χ1n) is 8.38. The van der Waals surface area contributed by atoms with E-state index in [2.05, 4.69) is 17.2 Å². The summed E-state index contributed by atoms with van der Waals surface area (Å²) < 4.78 is 0. The monoisotopic (exact) mass is 337 g/mol. The van der Waals surface area contributed by atoms with Crippen LogP contribution in [0, 0.1) is 0 Å². The average molecular weight is 337 g/mol. The van der Waals surface area contributed by atoms with E-state index in [-0.39, 0.29) is 12.5 Å². The van der Waals surface area contributed by atoms with Gasteiger partial charge in [0, 0.05) is 0 Å². The Labute approximate surface area is 144 Å². The van der Waals surface area contributed by atoms with Crippen LogP contribution in [0.5, 0.6) is 0 Å². The van der Waals surface area contributed by atoms with E-state index in [9.17, 15) is 9.90 Å². The second kappa shape index (κ2) is 13.4. The minimum Gasteiger partial charge on any atom is -0.479 e. The fourth-order valence-electron chi connectivity index (χ4n) is 2.02. The van der Waals surface area contributed by atoms with Gasteiger partial charge in [0.15, 0.2) is 5.96 Å². The minimum atomic E-state index is -1.01. The molecule has 0 saturated carbocycles. The van der Waals surface area contributed by atoms with Gasteiger partial charge in [0.05, 0.1) is 12.6 Å². The molecular weight excluding hydrogens is 306 g/mol. The van der Waals surface area contributed by atoms with Crippen LogP contribution in [0.15, 0.2) is 40.9 Å². The maximum atomic E-state index is 11.4. The van der Waals surface area contributed by atoms with Crippen molar-refractivity contribution >= 4 is 11.9 Å². The zero-order chi connectivity index (χ0) is 18.4. The lowest BCUT2D eigenvalue weighted by Gasteiger charge is -2.13. The van der Waals surface area contributed by atoms with Gasteiger partial charge in [-0.3, -0.25) is 0 Å². The number of carbonyl (C=O) groups is 1. The lowest BCUT2D eigenvalue weighted by Crippen LogP contribution is -2.43. The molecule has 0 amide bonds. The molecule has 2 unspecified atom stereocenters. The molecular formula is C18H31N3O3. The number of nitrogens with one attached hydrogen (secondary N) is 1. The lowest BCUT2D eigenvalue weighted by molar-refractivity contribution is -0.137. The van der Waals surface area contributed by atoms with Crippen LogP contribution in [-0.4, -0.2) is 40.8 Å². The third-order valence-corrected chi connectivity index (χ3v) is 3.18. The van der Waals surface area contributed by atoms with Gasteiger partial charge in [-0.15, -0.1) is 0 Å². The van der Waals surface area contributed by atoms with E-state index in [1.807, 2.05) is 19.1 Å². The Balaban J connectivity index is 4.89. The molecule has 6 heteroatoms. The molecule has 0 aliphatic rings. The van der Waals surface area contributed by atoms with Crippen molar-refractivity contribution in [2.75, 3.05) is 6.54 Å². The summed E-state index contributed by atoms with van der Waals surface area (Å²) >= 11 is 0. The van der Waals surface area contributed by atoms with Crippen molar-refractivity contribution in [1.29, 1.82) is 0 Å². The molecule has 2 atom stereocenters. The highest BCUT2D eigenvalue weighted by Crippen LogP contribution is 2.11. The first-order chi connectivity index (χ1) is 11.4. The molecule has 0 aromatic rings. The summed E-state index contributed by atoms with van der Waals surface area (Å²) in [5.41, 5.74) is 6.70. The number of carboxylic acids is 1. The van der Waals surface area contributed by atoms with E-state index in [1.165, 1.54) is 0 Å². The van der Waals surface area contributed by atoms with Gasteiger partial charge in [0.1, 0.15) is 6.04 Å². The van der Waals surface area contributed by atoms with E-state index in [0.717, 1.165) is 31.3 Å². The number of nitrogens with two attached hydrogens (primary N) is 1. The molecule has 0 spiro atoms. The van der Waals surface area contributed by atoms with Crippen molar-refractivity contribution in [3.8, 4) is 0 Å². The molecule has 5 N–H and O–H groups in total. The molecule has 0 heterocycles. The van der Waals surface area contributed by atoms with Crippen LogP contribution in [0.2, 0.25) is 0 Å². The Bertz CT molecular complexity index is 480. The van der Waals surface area contributed by atoms with Gasteiger partial charge in [-0.2, -0.15) is 0 Å². The summed E-state index contributed by atoms with van der Waals surface area (Å²) in [5.74, 6) is -0.951. The average Bonchev–Trinajstić information content (AvgIpc) is 2.51. The zero-order valence-electron chi connectivity index (χ0n) is 14.9. The standard InChI is InChI=1S/C18H31N3O3/c1-4-6-7-11-15(9-5-2)13-16(17(23)24)21-18(19)20-12-8-10-14(3)22/h5,8-10,13-14,16,22H,4,6-7,11-12H2,1-3H3,(H,23,24)(H3,19,20,21)/b9-5+,10-8+,15-13+. The largest absolute Gasteiger partial charge is 0.479 e. The molecule has 24 heavy (non-hydrogen) atoms. The van der Waals surface area contributed by atoms with Crippen LogP contribution in [0.3, 0.4) is 0 Å². The van der Waals surface area contributed by atoms with Crippen molar-refractivity contribution in [3.63, 3.8) is 0 Å². The van der Waals surface area contributed by atoms with Crippen molar-refractivity contribution in [3.05, 3.63) is 36.0 Å². The number of aliphatic carboxylic acids is 1. The third kappa shape index (κ3) is 11.5. The Kier molecular flexibility index (Phi) is 12.2. The summed E-state index contributed by atoms with van der Waals surface area (Å²) in [4.78, 5) is 15.5. The number of unbranched alkanes of at least 4 members (excludes halogenated alkanes) is 2. The first-order valence-corrected chi connectivity index (χ1v) is 8.38. The van der Waals surface area contributed by atoms with Crippen LogP contribution in [0.1, 0.15) is 46.5 Å². The van der Waals surface area contributed by atoms with Gasteiger partial charge in [0.2, 0.25) is 0 Å². The molecule has 0 saturated heterocycles. The number of hydrogen-bond acceptors (Lipinski definition) is 3. The number of aliphatic hydroxyl groups is 1. The van der Waals surface area contributed by atoms with E-state index >= 15 is 0 Å². The van der Waals surface area contributed by atoms with Crippen molar-refractivity contribution in [2.24, 2.45) is 10.7 Å². The first kappa shape index (κ1) is 21.9. The van der Waals surface area contributed by atoms with Gasteiger partial charge in [-0.25, -0.2) is 9.79 Å². The molecule has 0 aliphatic heterocycles. The summed E-state index contributed by atoms with van der Waals surface area (Å²) in [6.07, 6.45) is 12.3. The van der Waals surface area contributed by atoms with Crippen LogP contribution >= 0.6 is 0 Å². The molecule has 0 aromatic carbocycles. The number of nitrogens with zero attached hydrogens (tertiary/aromatic N) is 1. The van der Waals surface area contributed by atoms with Gasteiger partial charge in [-0.1, -0.05) is 44.1 Å². The predicted molar refractivity (Wildman–Crippen MR) is 98.9 cm³/mol. The Morgan fingerprint density at radius 3 is 2.62 bits per heavy atom. The molecule has 0 radical (unpaired) electrons. The SMILES string of the molecule is C/C=C/C(=C\C(NC(N)=NC/C=C/C(C)O)C(=O)O)CCCCC. The lowest BCUT2D eigenvalue weighted by atomic mass is 10.0. The van der Waals surface area contributed by atoms with Gasteiger partial charge in [-0.05, 0) is 38.3 Å². The maximum absolute atomic E-state index is 11.4. The number of aliphatic hydroxyl groups excluding tert-OH is 1. The van der Waals surface area contributed by atoms with Crippen LogP contribution in [-0.2, 0) is 4.79 Å². The molecule has 0 aliphatic carbocycles. The summed E-state index contributed by atoms with van der Waals surface area (Å²) in [6, 6.07) is -0.928. The number of rotatable bonds is 11. The number of hydrogen-bond donors (Lipinski definition) is 4. The second-order valence-electron chi connectivity index (χ2n) is 5.55. The third-order valence-electron chi connectivity index (χ3n) is 3.18. The number of guanidine groups is 1. The Morgan fingerprint density at radius 1 is 1.38 bits per heavy atom. The molecule has 136 valence electrons. The summed E-state index contributed by atoms with van der Waals surface area (Å²) in [7, 11) is 0. The highest BCUT2D eigenvalue weighted by Gasteiger charge is 2.15.